The van der Waals surface area contributed by atoms with Crippen molar-refractivity contribution in [3.63, 3.8) is 0 Å². The van der Waals surface area contributed by atoms with E-state index in [0.717, 1.165) is 16.8 Å². The van der Waals surface area contributed by atoms with E-state index < -0.39 is 0 Å². The summed E-state index contributed by atoms with van der Waals surface area (Å²) >= 11 is 0. The molecule has 2 aromatic rings. The highest BCUT2D eigenvalue weighted by molar-refractivity contribution is 5.93. The lowest BCUT2D eigenvalue weighted by atomic mass is 10.1. The van der Waals surface area contributed by atoms with Gasteiger partial charge in [-0.1, -0.05) is 44.2 Å². The number of benzene rings is 1. The number of nitrogens with zero attached hydrogens (tertiary/aromatic N) is 4. The number of rotatable bonds is 6. The fourth-order valence-electron chi connectivity index (χ4n) is 3.96. The molecule has 1 saturated heterocycles. The first-order chi connectivity index (χ1) is 14.8. The normalized spacial score (nSPS) is 14.5. The van der Waals surface area contributed by atoms with Gasteiger partial charge in [0.25, 0.3) is 0 Å². The Morgan fingerprint density at radius 3 is 2.32 bits per heavy atom. The number of hydrogen-bond acceptors (Lipinski definition) is 4. The van der Waals surface area contributed by atoms with Gasteiger partial charge in [0.1, 0.15) is 11.9 Å². The van der Waals surface area contributed by atoms with Crippen LogP contribution in [0.4, 0.5) is 5.82 Å². The predicted octanol–water partition coefficient (Wildman–Crippen LogP) is 2.76. The van der Waals surface area contributed by atoms with Crippen LogP contribution in [0.25, 0.3) is 0 Å². The third kappa shape index (κ3) is 5.15. The molecule has 0 radical (unpaired) electrons. The van der Waals surface area contributed by atoms with Gasteiger partial charge in [-0.15, -0.1) is 0 Å². The molecule has 0 bridgehead atoms. The highest BCUT2D eigenvalue weighted by Crippen LogP contribution is 2.27. The molecule has 1 aromatic heterocycles. The van der Waals surface area contributed by atoms with Gasteiger partial charge in [0.15, 0.2) is 0 Å². The highest BCUT2D eigenvalue weighted by atomic mass is 16.2. The van der Waals surface area contributed by atoms with Gasteiger partial charge in [-0.05, 0) is 25.0 Å². The molecule has 7 heteroatoms. The first-order valence-corrected chi connectivity index (χ1v) is 10.8. The topological polar surface area (TPSA) is 81.4 Å². The molecule has 0 saturated carbocycles. The summed E-state index contributed by atoms with van der Waals surface area (Å²) in [5.41, 5.74) is 3.46. The van der Waals surface area contributed by atoms with Crippen LogP contribution in [0.15, 0.2) is 30.3 Å². The van der Waals surface area contributed by atoms with Gasteiger partial charge in [0, 0.05) is 44.3 Å². The summed E-state index contributed by atoms with van der Waals surface area (Å²) in [5, 5.41) is 12.7. The average Bonchev–Trinajstić information content (AvgIpc) is 2.98. The van der Waals surface area contributed by atoms with Crippen molar-refractivity contribution < 1.29 is 9.59 Å². The number of nitrogens with one attached hydrogen (secondary N) is 1. The lowest BCUT2D eigenvalue weighted by molar-refractivity contribution is -0.136. The molecule has 1 aromatic carbocycles. The number of nitriles is 1. The molecule has 31 heavy (non-hydrogen) atoms. The molecule has 0 atom stereocenters. The standard InChI is InChI=1S/C24H31N5O2/c1-17(2)24(31)28-12-10-27(11-13-28)16-22(30)26-23-21(14-25)18(3)19(4)29(23)15-20-8-6-5-7-9-20/h5-9,17H,10-13,15-16H2,1-4H3,(H,26,30). The number of hydrogen-bond donors (Lipinski definition) is 1. The van der Waals surface area contributed by atoms with Crippen LogP contribution in [0, 0.1) is 31.1 Å². The fourth-order valence-corrected chi connectivity index (χ4v) is 3.96. The van der Waals surface area contributed by atoms with Gasteiger partial charge in [-0.2, -0.15) is 5.26 Å². The van der Waals surface area contributed by atoms with E-state index >= 15 is 0 Å². The van der Waals surface area contributed by atoms with E-state index in [1.165, 1.54) is 0 Å². The number of piperazine rings is 1. The SMILES string of the molecule is Cc1c(C#N)c(NC(=O)CN2CCN(C(=O)C(C)C)CC2)n(Cc2ccccc2)c1C. The fraction of sp³-hybridized carbons (Fsp3) is 0.458. The largest absolute Gasteiger partial charge is 0.340 e. The Morgan fingerprint density at radius 2 is 1.74 bits per heavy atom. The minimum atomic E-state index is -0.146. The van der Waals surface area contributed by atoms with Crippen LogP contribution in [0.5, 0.6) is 0 Å². The molecule has 0 spiro atoms. The molecule has 0 unspecified atom stereocenters. The van der Waals surface area contributed by atoms with E-state index in [9.17, 15) is 14.9 Å². The summed E-state index contributed by atoms with van der Waals surface area (Å²) in [6.07, 6.45) is 0. The van der Waals surface area contributed by atoms with E-state index in [1.807, 2.05) is 67.5 Å². The van der Waals surface area contributed by atoms with E-state index in [4.69, 9.17) is 0 Å². The Morgan fingerprint density at radius 1 is 1.10 bits per heavy atom. The molecule has 7 nitrogen and oxygen atoms in total. The summed E-state index contributed by atoms with van der Waals surface area (Å²) in [4.78, 5) is 28.9. The van der Waals surface area contributed by atoms with Crippen molar-refractivity contribution in [2.45, 2.75) is 34.2 Å². The highest BCUT2D eigenvalue weighted by Gasteiger charge is 2.25. The minimum absolute atomic E-state index is 0.0110. The summed E-state index contributed by atoms with van der Waals surface area (Å²) in [6, 6.07) is 12.2. The van der Waals surface area contributed by atoms with Crippen molar-refractivity contribution >= 4 is 17.6 Å². The second-order valence-corrected chi connectivity index (χ2v) is 8.42. The van der Waals surface area contributed by atoms with Crippen LogP contribution in [0.1, 0.15) is 36.2 Å². The van der Waals surface area contributed by atoms with E-state index in [2.05, 4.69) is 16.3 Å². The third-order valence-electron chi connectivity index (χ3n) is 5.93. The molecule has 3 rings (SSSR count). The molecular weight excluding hydrogens is 390 g/mol. The first-order valence-electron chi connectivity index (χ1n) is 10.8. The third-order valence-corrected chi connectivity index (χ3v) is 5.93. The molecule has 2 heterocycles. The van der Waals surface area contributed by atoms with Crippen molar-refractivity contribution in [1.82, 2.24) is 14.4 Å². The van der Waals surface area contributed by atoms with Crippen LogP contribution in [-0.4, -0.2) is 58.9 Å². The van der Waals surface area contributed by atoms with Crippen molar-refractivity contribution in [3.8, 4) is 6.07 Å². The van der Waals surface area contributed by atoms with Crippen molar-refractivity contribution in [2.24, 2.45) is 5.92 Å². The van der Waals surface area contributed by atoms with Gasteiger partial charge >= 0.3 is 0 Å². The monoisotopic (exact) mass is 421 g/mol. The second kappa shape index (κ2) is 9.80. The maximum absolute atomic E-state index is 12.8. The molecule has 1 aliphatic rings. The van der Waals surface area contributed by atoms with Crippen molar-refractivity contribution in [3.05, 3.63) is 52.7 Å². The van der Waals surface area contributed by atoms with Gasteiger partial charge < -0.3 is 14.8 Å². The molecular formula is C24H31N5O2. The van der Waals surface area contributed by atoms with E-state index in [0.29, 0.717) is 44.1 Å². The smallest absolute Gasteiger partial charge is 0.239 e. The predicted molar refractivity (Wildman–Crippen MR) is 121 cm³/mol. The Hall–Kier alpha value is -3.11. The Labute approximate surface area is 184 Å². The lowest BCUT2D eigenvalue weighted by Crippen LogP contribution is -2.51. The van der Waals surface area contributed by atoms with E-state index in [-0.39, 0.29) is 24.3 Å². The summed E-state index contributed by atoms with van der Waals surface area (Å²) in [6.45, 7) is 11.1. The lowest BCUT2D eigenvalue weighted by Gasteiger charge is -2.35. The average molecular weight is 422 g/mol. The zero-order valence-electron chi connectivity index (χ0n) is 18.8. The molecule has 1 aliphatic heterocycles. The van der Waals surface area contributed by atoms with Gasteiger partial charge in [-0.3, -0.25) is 14.5 Å². The molecule has 1 fully saturated rings. The number of carbonyl (C=O) groups is 2. The first kappa shape index (κ1) is 22.6. The van der Waals surface area contributed by atoms with Crippen LogP contribution < -0.4 is 5.32 Å². The second-order valence-electron chi connectivity index (χ2n) is 8.42. The minimum Gasteiger partial charge on any atom is -0.340 e. The molecule has 1 N–H and O–H groups in total. The Kier molecular flexibility index (Phi) is 7.13. The Bertz CT molecular complexity index is 980. The molecule has 2 amide bonds. The quantitative estimate of drug-likeness (QED) is 0.778. The van der Waals surface area contributed by atoms with Crippen LogP contribution in [-0.2, 0) is 16.1 Å². The van der Waals surface area contributed by atoms with Gasteiger partial charge in [0.05, 0.1) is 12.1 Å². The zero-order chi connectivity index (χ0) is 22.5. The molecule has 164 valence electrons. The maximum Gasteiger partial charge on any atom is 0.239 e. The maximum atomic E-state index is 12.8. The van der Waals surface area contributed by atoms with Gasteiger partial charge in [-0.25, -0.2) is 0 Å². The van der Waals surface area contributed by atoms with Crippen LogP contribution >= 0.6 is 0 Å². The number of amides is 2. The summed E-state index contributed by atoms with van der Waals surface area (Å²) in [7, 11) is 0. The zero-order valence-corrected chi connectivity index (χ0v) is 18.8. The summed E-state index contributed by atoms with van der Waals surface area (Å²) in [5.74, 6) is 0.558. The van der Waals surface area contributed by atoms with E-state index in [1.54, 1.807) is 0 Å². The summed E-state index contributed by atoms with van der Waals surface area (Å²) < 4.78 is 2.00. The van der Waals surface area contributed by atoms with Gasteiger partial charge in [0.2, 0.25) is 11.8 Å². The number of carbonyl (C=O) groups excluding carboxylic acids is 2. The van der Waals surface area contributed by atoms with Crippen LogP contribution in [0.3, 0.4) is 0 Å². The number of anilines is 1. The molecule has 0 aliphatic carbocycles. The Balaban J connectivity index is 1.69. The van der Waals surface area contributed by atoms with Crippen molar-refractivity contribution in [1.29, 1.82) is 5.26 Å². The number of aromatic nitrogens is 1. The van der Waals surface area contributed by atoms with Crippen LogP contribution in [0.2, 0.25) is 0 Å². The van der Waals surface area contributed by atoms with Crippen molar-refractivity contribution in [2.75, 3.05) is 38.0 Å².